The molecule has 2 aliphatic rings. The minimum absolute atomic E-state index is 0.00683. The Hall–Kier alpha value is -0.810. The van der Waals surface area contributed by atoms with Gasteiger partial charge in [0.1, 0.15) is 5.69 Å². The summed E-state index contributed by atoms with van der Waals surface area (Å²) >= 11 is 3.44. The van der Waals surface area contributed by atoms with Gasteiger partial charge < -0.3 is 14.6 Å². The molecule has 2 saturated carbocycles. The summed E-state index contributed by atoms with van der Waals surface area (Å²) in [5.41, 5.74) is 0.747. The summed E-state index contributed by atoms with van der Waals surface area (Å²) in [5.74, 6) is 0.770. The first kappa shape index (κ1) is 13.2. The Balaban J connectivity index is 1.46. The molecule has 0 saturated heterocycles. The molecule has 2 aliphatic carbocycles. The van der Waals surface area contributed by atoms with Gasteiger partial charge in [-0.25, -0.2) is 0 Å². The second kappa shape index (κ2) is 5.67. The normalized spacial score (nSPS) is 18.6. The van der Waals surface area contributed by atoms with Gasteiger partial charge in [-0.1, -0.05) is 0 Å². The predicted molar refractivity (Wildman–Crippen MR) is 76.3 cm³/mol. The van der Waals surface area contributed by atoms with Gasteiger partial charge in [0.15, 0.2) is 0 Å². The maximum Gasteiger partial charge on any atom is 0.268 e. The quantitative estimate of drug-likeness (QED) is 0.783. The van der Waals surface area contributed by atoms with Gasteiger partial charge in [-0.15, -0.1) is 0 Å². The number of amides is 1. The lowest BCUT2D eigenvalue weighted by molar-refractivity contribution is 0.0898. The van der Waals surface area contributed by atoms with E-state index in [-0.39, 0.29) is 5.91 Å². The second-order valence-electron chi connectivity index (χ2n) is 5.46. The molecule has 0 radical (unpaired) electrons. The van der Waals surface area contributed by atoms with Gasteiger partial charge in [0.2, 0.25) is 0 Å². The first-order chi connectivity index (χ1) is 9.24. The molecule has 5 heteroatoms. The number of carbonyl (C=O) groups excluding carboxylic acids is 1. The Morgan fingerprint density at radius 3 is 2.89 bits per heavy atom. The van der Waals surface area contributed by atoms with Crippen LogP contribution in [-0.2, 0) is 4.74 Å². The summed E-state index contributed by atoms with van der Waals surface area (Å²) in [4.78, 5) is 12.1. The molecule has 0 unspecified atom stereocenters. The van der Waals surface area contributed by atoms with E-state index in [2.05, 4.69) is 25.8 Å². The number of hydrogen-bond acceptors (Lipinski definition) is 2. The maximum atomic E-state index is 12.1. The average Bonchev–Trinajstić information content (AvgIpc) is 3.28. The standard InChI is InChI=1S/C14H19BrN2O2/c15-11-7-13(17(8-11)12-3-4-12)14(18)16-5-6-19-9-10-1-2-10/h7-8,10,12H,1-6,9H2,(H,16,18). The molecular formula is C14H19BrN2O2. The molecule has 2 fully saturated rings. The van der Waals surface area contributed by atoms with Crippen LogP contribution in [0.5, 0.6) is 0 Å². The van der Waals surface area contributed by atoms with Crippen molar-refractivity contribution in [1.29, 1.82) is 0 Å². The molecule has 104 valence electrons. The zero-order valence-corrected chi connectivity index (χ0v) is 12.5. The summed E-state index contributed by atoms with van der Waals surface area (Å²) in [6.45, 7) is 2.03. The molecule has 0 atom stereocenters. The number of ether oxygens (including phenoxy) is 1. The number of aromatic nitrogens is 1. The molecule has 0 aromatic carbocycles. The molecule has 1 amide bonds. The topological polar surface area (TPSA) is 43.3 Å². The van der Waals surface area contributed by atoms with Crippen LogP contribution in [0.1, 0.15) is 42.2 Å². The van der Waals surface area contributed by atoms with E-state index in [1.807, 2.05) is 12.3 Å². The fourth-order valence-electron chi connectivity index (χ4n) is 2.14. The molecule has 19 heavy (non-hydrogen) atoms. The van der Waals surface area contributed by atoms with Crippen LogP contribution in [0.2, 0.25) is 0 Å². The van der Waals surface area contributed by atoms with Crippen LogP contribution in [0.4, 0.5) is 0 Å². The van der Waals surface area contributed by atoms with Gasteiger partial charge in [-0.2, -0.15) is 0 Å². The molecule has 1 aromatic heterocycles. The number of nitrogens with one attached hydrogen (secondary N) is 1. The monoisotopic (exact) mass is 326 g/mol. The van der Waals surface area contributed by atoms with Crippen molar-refractivity contribution in [3.63, 3.8) is 0 Å². The summed E-state index contributed by atoms with van der Waals surface area (Å²) in [6, 6.07) is 2.40. The largest absolute Gasteiger partial charge is 0.379 e. The SMILES string of the molecule is O=C(NCCOCC1CC1)c1cc(Br)cn1C1CC1. The molecule has 0 spiro atoms. The average molecular weight is 327 g/mol. The minimum atomic E-state index is -0.00683. The third kappa shape index (κ3) is 3.60. The Labute approximate surface area is 121 Å². The Kier molecular flexibility index (Phi) is 3.93. The van der Waals surface area contributed by atoms with Crippen molar-refractivity contribution in [3.05, 3.63) is 22.4 Å². The van der Waals surface area contributed by atoms with E-state index in [1.165, 1.54) is 25.7 Å². The van der Waals surface area contributed by atoms with E-state index in [1.54, 1.807) is 0 Å². The zero-order valence-electron chi connectivity index (χ0n) is 10.9. The number of rotatable bonds is 7. The van der Waals surface area contributed by atoms with Crippen LogP contribution in [0.25, 0.3) is 0 Å². The van der Waals surface area contributed by atoms with Gasteiger partial charge in [0.25, 0.3) is 5.91 Å². The molecular weight excluding hydrogens is 308 g/mol. The van der Waals surface area contributed by atoms with Gasteiger partial charge in [-0.05, 0) is 53.6 Å². The van der Waals surface area contributed by atoms with Gasteiger partial charge in [0.05, 0.1) is 6.61 Å². The van der Waals surface area contributed by atoms with Gasteiger partial charge in [-0.3, -0.25) is 4.79 Å². The van der Waals surface area contributed by atoms with Crippen molar-refractivity contribution in [2.45, 2.75) is 31.7 Å². The van der Waals surface area contributed by atoms with E-state index >= 15 is 0 Å². The van der Waals surface area contributed by atoms with Crippen LogP contribution in [0.15, 0.2) is 16.7 Å². The highest BCUT2D eigenvalue weighted by atomic mass is 79.9. The van der Waals surface area contributed by atoms with Gasteiger partial charge in [0, 0.05) is 29.9 Å². The molecule has 0 bridgehead atoms. The van der Waals surface area contributed by atoms with E-state index in [0.717, 1.165) is 22.7 Å². The highest BCUT2D eigenvalue weighted by molar-refractivity contribution is 9.10. The van der Waals surface area contributed by atoms with Crippen molar-refractivity contribution >= 4 is 21.8 Å². The number of hydrogen-bond donors (Lipinski definition) is 1. The lowest BCUT2D eigenvalue weighted by Crippen LogP contribution is -2.29. The predicted octanol–water partition coefficient (Wildman–Crippen LogP) is 2.74. The molecule has 3 rings (SSSR count). The number of halogens is 1. The maximum absolute atomic E-state index is 12.1. The zero-order chi connectivity index (χ0) is 13.2. The van der Waals surface area contributed by atoms with Crippen LogP contribution < -0.4 is 5.32 Å². The Bertz CT molecular complexity index is 464. The lowest BCUT2D eigenvalue weighted by Gasteiger charge is -2.08. The fourth-order valence-corrected chi connectivity index (χ4v) is 2.58. The van der Waals surface area contributed by atoms with Crippen molar-refractivity contribution in [2.24, 2.45) is 5.92 Å². The summed E-state index contributed by atoms with van der Waals surface area (Å²) in [5, 5.41) is 2.92. The van der Waals surface area contributed by atoms with Crippen molar-refractivity contribution < 1.29 is 9.53 Å². The highest BCUT2D eigenvalue weighted by Gasteiger charge is 2.27. The van der Waals surface area contributed by atoms with Crippen LogP contribution >= 0.6 is 15.9 Å². The second-order valence-corrected chi connectivity index (χ2v) is 6.37. The van der Waals surface area contributed by atoms with Crippen molar-refractivity contribution in [2.75, 3.05) is 19.8 Å². The van der Waals surface area contributed by atoms with Crippen LogP contribution in [-0.4, -0.2) is 30.2 Å². The van der Waals surface area contributed by atoms with E-state index in [9.17, 15) is 4.79 Å². The summed E-state index contributed by atoms with van der Waals surface area (Å²) in [6.07, 6.45) is 6.94. The summed E-state index contributed by atoms with van der Waals surface area (Å²) < 4.78 is 8.55. The minimum Gasteiger partial charge on any atom is -0.379 e. The van der Waals surface area contributed by atoms with Crippen LogP contribution in [0.3, 0.4) is 0 Å². The molecule has 1 N–H and O–H groups in total. The number of nitrogens with zero attached hydrogens (tertiary/aromatic N) is 1. The molecule has 1 heterocycles. The number of carbonyl (C=O) groups is 1. The first-order valence-electron chi connectivity index (χ1n) is 6.97. The Morgan fingerprint density at radius 2 is 2.21 bits per heavy atom. The van der Waals surface area contributed by atoms with Crippen molar-refractivity contribution in [3.8, 4) is 0 Å². The molecule has 0 aliphatic heterocycles. The van der Waals surface area contributed by atoms with E-state index in [0.29, 0.717) is 19.2 Å². The lowest BCUT2D eigenvalue weighted by atomic mass is 10.4. The first-order valence-corrected chi connectivity index (χ1v) is 7.76. The third-order valence-corrected chi connectivity index (χ3v) is 4.00. The van der Waals surface area contributed by atoms with E-state index in [4.69, 9.17) is 4.74 Å². The molecule has 1 aromatic rings. The fraction of sp³-hybridized carbons (Fsp3) is 0.643. The third-order valence-electron chi connectivity index (χ3n) is 3.57. The molecule has 4 nitrogen and oxygen atoms in total. The highest BCUT2D eigenvalue weighted by Crippen LogP contribution is 2.37. The van der Waals surface area contributed by atoms with Crippen molar-refractivity contribution in [1.82, 2.24) is 9.88 Å². The van der Waals surface area contributed by atoms with E-state index < -0.39 is 0 Å². The summed E-state index contributed by atoms with van der Waals surface area (Å²) in [7, 11) is 0. The smallest absolute Gasteiger partial charge is 0.268 e. The van der Waals surface area contributed by atoms with Crippen LogP contribution in [0, 0.1) is 5.92 Å². The Morgan fingerprint density at radius 1 is 1.42 bits per heavy atom. The van der Waals surface area contributed by atoms with Gasteiger partial charge >= 0.3 is 0 Å².